The number of amides is 2. The maximum Gasteiger partial charge on any atom is 0.280 e. The third-order valence-corrected chi connectivity index (χ3v) is 4.39. The number of likely N-dealkylation sites (tertiary alicyclic amines) is 1. The Morgan fingerprint density at radius 3 is 2.74 bits per heavy atom. The number of hydrogen-bond donors (Lipinski definition) is 2. The fourth-order valence-electron chi connectivity index (χ4n) is 2.31. The Morgan fingerprint density at radius 2 is 2.22 bits per heavy atom. The zero-order valence-corrected chi connectivity index (χ0v) is 13.9. The summed E-state index contributed by atoms with van der Waals surface area (Å²) in [4.78, 5) is 29.3. The van der Waals surface area contributed by atoms with Crippen LogP contribution in [0.3, 0.4) is 0 Å². The van der Waals surface area contributed by atoms with Gasteiger partial charge in [-0.2, -0.15) is 0 Å². The second kappa shape index (κ2) is 6.12. The van der Waals surface area contributed by atoms with Crippen molar-refractivity contribution in [3.8, 4) is 0 Å². The standard InChI is InChI=1S/C14H19F2N3O3S/c1-8-4-14(15,16)6-19(8)12(22)9-5-23-11(17-9)10(21)18-13(2,3)7-20/h5,8,20H,4,6-7H2,1-3H3,(H,18,21). The maximum absolute atomic E-state index is 13.4. The van der Waals surface area contributed by atoms with Crippen LogP contribution in [0.5, 0.6) is 0 Å². The molecule has 1 unspecified atom stereocenters. The SMILES string of the molecule is CC1CC(F)(F)CN1C(=O)c1csc(C(=O)NC(C)(C)CO)n1. The van der Waals surface area contributed by atoms with Crippen LogP contribution in [-0.4, -0.2) is 57.5 Å². The molecule has 0 aromatic carbocycles. The number of nitrogens with zero attached hydrogens (tertiary/aromatic N) is 2. The van der Waals surface area contributed by atoms with Gasteiger partial charge in [0.05, 0.1) is 18.7 Å². The molecule has 1 atom stereocenters. The molecule has 0 bridgehead atoms. The summed E-state index contributed by atoms with van der Waals surface area (Å²) in [7, 11) is 0. The molecule has 0 spiro atoms. The summed E-state index contributed by atoms with van der Waals surface area (Å²) in [6.45, 7) is 3.94. The molecular weight excluding hydrogens is 328 g/mol. The molecule has 1 saturated heterocycles. The van der Waals surface area contributed by atoms with Crippen molar-refractivity contribution in [3.05, 3.63) is 16.1 Å². The lowest BCUT2D eigenvalue weighted by Crippen LogP contribution is -2.46. The van der Waals surface area contributed by atoms with Gasteiger partial charge in [-0.15, -0.1) is 11.3 Å². The Morgan fingerprint density at radius 1 is 1.57 bits per heavy atom. The van der Waals surface area contributed by atoms with Crippen LogP contribution in [0.1, 0.15) is 47.5 Å². The molecule has 1 fully saturated rings. The Labute approximate surface area is 136 Å². The van der Waals surface area contributed by atoms with Gasteiger partial charge in [0.25, 0.3) is 17.7 Å². The first-order valence-corrected chi connectivity index (χ1v) is 8.00. The fraction of sp³-hybridized carbons (Fsp3) is 0.643. The van der Waals surface area contributed by atoms with E-state index in [4.69, 9.17) is 5.11 Å². The Hall–Kier alpha value is -1.61. The normalized spacial score (nSPS) is 20.6. The van der Waals surface area contributed by atoms with E-state index in [1.807, 2.05) is 0 Å². The van der Waals surface area contributed by atoms with Crippen LogP contribution in [0.4, 0.5) is 8.78 Å². The zero-order chi connectivity index (χ0) is 17.4. The Balaban J connectivity index is 2.10. The van der Waals surface area contributed by atoms with Crippen LogP contribution in [-0.2, 0) is 0 Å². The predicted molar refractivity (Wildman–Crippen MR) is 80.8 cm³/mol. The molecule has 2 heterocycles. The number of rotatable bonds is 4. The topological polar surface area (TPSA) is 82.5 Å². The van der Waals surface area contributed by atoms with Crippen LogP contribution in [0.2, 0.25) is 0 Å². The molecule has 0 saturated carbocycles. The first kappa shape index (κ1) is 17.7. The highest BCUT2D eigenvalue weighted by atomic mass is 32.1. The number of aromatic nitrogens is 1. The van der Waals surface area contributed by atoms with Gasteiger partial charge in [-0.3, -0.25) is 9.59 Å². The van der Waals surface area contributed by atoms with Crippen LogP contribution in [0, 0.1) is 0 Å². The highest BCUT2D eigenvalue weighted by Crippen LogP contribution is 2.32. The lowest BCUT2D eigenvalue weighted by atomic mass is 10.1. The van der Waals surface area contributed by atoms with Crippen LogP contribution in [0.15, 0.2) is 5.38 Å². The van der Waals surface area contributed by atoms with E-state index in [2.05, 4.69) is 10.3 Å². The number of hydrogen-bond acceptors (Lipinski definition) is 5. The number of aliphatic hydroxyl groups excluding tert-OH is 1. The van der Waals surface area contributed by atoms with Gasteiger partial charge in [0.1, 0.15) is 5.69 Å². The smallest absolute Gasteiger partial charge is 0.280 e. The summed E-state index contributed by atoms with van der Waals surface area (Å²) in [5.74, 6) is -4.02. The van der Waals surface area contributed by atoms with E-state index in [1.54, 1.807) is 20.8 Å². The molecule has 6 nitrogen and oxygen atoms in total. The third-order valence-electron chi connectivity index (χ3n) is 3.55. The summed E-state index contributed by atoms with van der Waals surface area (Å²) >= 11 is 0.957. The van der Waals surface area contributed by atoms with Crippen LogP contribution in [0.25, 0.3) is 0 Å². The van der Waals surface area contributed by atoms with Crippen LogP contribution < -0.4 is 5.32 Å². The van der Waals surface area contributed by atoms with E-state index in [0.29, 0.717) is 0 Å². The molecule has 1 aliphatic heterocycles. The van der Waals surface area contributed by atoms with Gasteiger partial charge < -0.3 is 15.3 Å². The monoisotopic (exact) mass is 347 g/mol. The molecule has 0 aliphatic carbocycles. The molecule has 9 heteroatoms. The minimum absolute atomic E-state index is 0.0218. The predicted octanol–water partition coefficient (Wildman–Crippen LogP) is 1.51. The van der Waals surface area contributed by atoms with Crippen molar-refractivity contribution in [1.29, 1.82) is 0 Å². The molecule has 1 aromatic rings. The molecule has 2 rings (SSSR count). The van der Waals surface area contributed by atoms with Crippen molar-refractivity contribution < 1.29 is 23.5 Å². The molecule has 128 valence electrons. The third kappa shape index (κ3) is 4.03. The van der Waals surface area contributed by atoms with Gasteiger partial charge in [-0.1, -0.05) is 0 Å². The van der Waals surface area contributed by atoms with Crippen molar-refractivity contribution in [3.63, 3.8) is 0 Å². The summed E-state index contributed by atoms with van der Waals surface area (Å²) in [5, 5.41) is 13.2. The summed E-state index contributed by atoms with van der Waals surface area (Å²) in [6, 6.07) is -0.579. The molecule has 1 aromatic heterocycles. The molecule has 23 heavy (non-hydrogen) atoms. The molecule has 1 aliphatic rings. The minimum atomic E-state index is -2.89. The highest BCUT2D eigenvalue weighted by Gasteiger charge is 2.45. The lowest BCUT2D eigenvalue weighted by Gasteiger charge is -2.22. The fourth-order valence-corrected chi connectivity index (χ4v) is 2.99. The van der Waals surface area contributed by atoms with E-state index in [0.717, 1.165) is 16.2 Å². The van der Waals surface area contributed by atoms with Gasteiger partial charge in [0.2, 0.25) is 0 Å². The number of nitrogens with one attached hydrogen (secondary N) is 1. The van der Waals surface area contributed by atoms with E-state index >= 15 is 0 Å². The van der Waals surface area contributed by atoms with Gasteiger partial charge in [0.15, 0.2) is 5.01 Å². The largest absolute Gasteiger partial charge is 0.394 e. The van der Waals surface area contributed by atoms with Crippen molar-refractivity contribution in [1.82, 2.24) is 15.2 Å². The summed E-state index contributed by atoms with van der Waals surface area (Å²) in [6.07, 6.45) is -0.374. The summed E-state index contributed by atoms with van der Waals surface area (Å²) in [5.41, 5.74) is -0.843. The van der Waals surface area contributed by atoms with Crippen molar-refractivity contribution in [2.24, 2.45) is 0 Å². The van der Waals surface area contributed by atoms with E-state index in [1.165, 1.54) is 5.38 Å². The molecule has 2 N–H and O–H groups in total. The zero-order valence-electron chi connectivity index (χ0n) is 13.1. The van der Waals surface area contributed by atoms with Crippen molar-refractivity contribution in [2.75, 3.05) is 13.2 Å². The van der Waals surface area contributed by atoms with E-state index < -0.39 is 35.9 Å². The van der Waals surface area contributed by atoms with Crippen molar-refractivity contribution in [2.45, 2.75) is 44.7 Å². The van der Waals surface area contributed by atoms with Gasteiger partial charge in [-0.05, 0) is 20.8 Å². The first-order chi connectivity index (χ1) is 10.5. The first-order valence-electron chi connectivity index (χ1n) is 7.12. The average molecular weight is 347 g/mol. The van der Waals surface area contributed by atoms with Gasteiger partial charge >= 0.3 is 0 Å². The maximum atomic E-state index is 13.4. The van der Waals surface area contributed by atoms with E-state index in [9.17, 15) is 18.4 Å². The number of aliphatic hydroxyl groups is 1. The molecule has 2 amide bonds. The number of alkyl halides is 2. The van der Waals surface area contributed by atoms with Crippen LogP contribution >= 0.6 is 11.3 Å². The highest BCUT2D eigenvalue weighted by molar-refractivity contribution is 7.11. The quantitative estimate of drug-likeness (QED) is 0.865. The lowest BCUT2D eigenvalue weighted by molar-refractivity contribution is 0.0117. The second-order valence-corrected chi connectivity index (χ2v) is 7.23. The second-order valence-electron chi connectivity index (χ2n) is 6.38. The van der Waals surface area contributed by atoms with E-state index in [-0.39, 0.29) is 23.7 Å². The number of thiazole rings is 1. The number of halogens is 2. The summed E-state index contributed by atoms with van der Waals surface area (Å²) < 4.78 is 26.8. The number of carbonyl (C=O) groups is 2. The minimum Gasteiger partial charge on any atom is -0.394 e. The van der Waals surface area contributed by atoms with Gasteiger partial charge in [0, 0.05) is 17.8 Å². The molecular formula is C14H19F2N3O3S. The van der Waals surface area contributed by atoms with Gasteiger partial charge in [-0.25, -0.2) is 13.8 Å². The Bertz CT molecular complexity index is 618. The Kier molecular flexibility index (Phi) is 4.72. The number of carbonyl (C=O) groups excluding carboxylic acids is 2. The average Bonchev–Trinajstić information content (AvgIpc) is 3.02. The molecule has 0 radical (unpaired) electrons. The van der Waals surface area contributed by atoms with Crippen molar-refractivity contribution >= 4 is 23.2 Å².